The molecule has 4 heterocycles. The van der Waals surface area contributed by atoms with E-state index in [-0.39, 0.29) is 18.8 Å². The Bertz CT molecular complexity index is 1380. The van der Waals surface area contributed by atoms with Gasteiger partial charge in [-0.15, -0.1) is 0 Å². The minimum absolute atomic E-state index is 0.0423. The van der Waals surface area contributed by atoms with Gasteiger partial charge < -0.3 is 29.8 Å². The van der Waals surface area contributed by atoms with Crippen LogP contribution in [0.25, 0.3) is 22.2 Å². The fourth-order valence-corrected chi connectivity index (χ4v) is 4.44. The largest absolute Gasteiger partial charge is 0.454 e. The predicted octanol–water partition coefficient (Wildman–Crippen LogP) is 3.00. The Balaban J connectivity index is 1.36. The number of amides is 1. The third-order valence-electron chi connectivity index (χ3n) is 6.12. The quantitative estimate of drug-likeness (QED) is 0.485. The lowest BCUT2D eigenvalue weighted by Crippen LogP contribution is -2.24. The summed E-state index contributed by atoms with van der Waals surface area (Å²) >= 11 is 0. The van der Waals surface area contributed by atoms with E-state index in [1.807, 2.05) is 47.0 Å². The number of benzene rings is 2. The zero-order valence-electron chi connectivity index (χ0n) is 17.9. The molecule has 0 spiro atoms. The van der Waals surface area contributed by atoms with Gasteiger partial charge in [0, 0.05) is 13.2 Å². The molecule has 2 aliphatic heterocycles. The smallest absolute Gasteiger partial charge is 0.257 e. The maximum atomic E-state index is 13.3. The van der Waals surface area contributed by atoms with Crippen molar-refractivity contribution >= 4 is 33.9 Å². The van der Waals surface area contributed by atoms with Gasteiger partial charge in [-0.1, -0.05) is 18.2 Å². The standard InChI is InChI=1S/C24H23N5O4/c25-22-20(24(30)26-11-14-7-8-18-19(10-14)33-13-32-18)21-23(29(22)12-15-4-3-9-31-15)28-17-6-2-1-5-16(17)27-21/h1-2,5-8,10,15H,3-4,9,11-13,25H2,(H,26,30)/t15-/m0/s1. The first kappa shape index (κ1) is 19.8. The lowest BCUT2D eigenvalue weighted by atomic mass is 10.2. The molecule has 2 aromatic heterocycles. The number of nitrogens with one attached hydrogen (secondary N) is 1. The van der Waals surface area contributed by atoms with Crippen LogP contribution in [-0.4, -0.2) is 39.9 Å². The van der Waals surface area contributed by atoms with E-state index in [1.165, 1.54) is 0 Å². The molecule has 0 saturated carbocycles. The van der Waals surface area contributed by atoms with E-state index in [4.69, 9.17) is 29.9 Å². The van der Waals surface area contributed by atoms with Crippen molar-refractivity contribution in [1.29, 1.82) is 0 Å². The number of carbonyl (C=O) groups excluding carboxylic acids is 1. The second-order valence-corrected chi connectivity index (χ2v) is 8.26. The fourth-order valence-electron chi connectivity index (χ4n) is 4.44. The summed E-state index contributed by atoms with van der Waals surface area (Å²) < 4.78 is 18.5. The van der Waals surface area contributed by atoms with E-state index in [2.05, 4.69) is 5.32 Å². The van der Waals surface area contributed by atoms with Gasteiger partial charge in [-0.05, 0) is 42.7 Å². The molecule has 33 heavy (non-hydrogen) atoms. The molecule has 1 atom stereocenters. The molecule has 4 aromatic rings. The summed E-state index contributed by atoms with van der Waals surface area (Å²) in [4.78, 5) is 22.9. The van der Waals surface area contributed by atoms with Gasteiger partial charge in [0.1, 0.15) is 16.9 Å². The molecule has 3 N–H and O–H groups in total. The first-order valence-corrected chi connectivity index (χ1v) is 11.0. The lowest BCUT2D eigenvalue weighted by Gasteiger charge is -2.13. The number of hydrogen-bond donors (Lipinski definition) is 2. The molecular formula is C24H23N5O4. The summed E-state index contributed by atoms with van der Waals surface area (Å²) in [5.41, 5.74) is 10.3. The molecule has 0 aliphatic carbocycles. The molecule has 9 nitrogen and oxygen atoms in total. The van der Waals surface area contributed by atoms with Gasteiger partial charge in [-0.3, -0.25) is 4.79 Å². The predicted molar refractivity (Wildman–Crippen MR) is 122 cm³/mol. The van der Waals surface area contributed by atoms with Gasteiger partial charge in [0.05, 0.1) is 23.7 Å². The monoisotopic (exact) mass is 445 g/mol. The number of aromatic nitrogens is 3. The maximum Gasteiger partial charge on any atom is 0.257 e. The summed E-state index contributed by atoms with van der Waals surface area (Å²) in [6.07, 6.45) is 2.01. The van der Waals surface area contributed by atoms with Crippen molar-refractivity contribution in [3.8, 4) is 11.5 Å². The first-order valence-electron chi connectivity index (χ1n) is 11.0. The molecule has 168 valence electrons. The van der Waals surface area contributed by atoms with E-state index in [9.17, 15) is 4.79 Å². The molecule has 2 aromatic carbocycles. The molecular weight excluding hydrogens is 422 g/mol. The highest BCUT2D eigenvalue weighted by Crippen LogP contribution is 2.33. The third-order valence-corrected chi connectivity index (χ3v) is 6.12. The van der Waals surface area contributed by atoms with Crippen molar-refractivity contribution in [3.63, 3.8) is 0 Å². The normalized spacial score (nSPS) is 17.2. The molecule has 0 radical (unpaired) electrons. The molecule has 1 fully saturated rings. The van der Waals surface area contributed by atoms with Crippen molar-refractivity contribution in [3.05, 3.63) is 53.6 Å². The zero-order chi connectivity index (χ0) is 22.4. The van der Waals surface area contributed by atoms with Crippen molar-refractivity contribution in [2.75, 3.05) is 19.1 Å². The Morgan fingerprint density at radius 1 is 1.12 bits per heavy atom. The summed E-state index contributed by atoms with van der Waals surface area (Å²) in [5, 5.41) is 2.97. The van der Waals surface area contributed by atoms with Crippen LogP contribution < -0.4 is 20.5 Å². The number of nitrogens with zero attached hydrogens (tertiary/aromatic N) is 3. The Hall–Kier alpha value is -3.85. The number of hydrogen-bond acceptors (Lipinski definition) is 7. The highest BCUT2D eigenvalue weighted by atomic mass is 16.7. The number of ether oxygens (including phenoxy) is 3. The van der Waals surface area contributed by atoms with E-state index >= 15 is 0 Å². The van der Waals surface area contributed by atoms with Crippen molar-refractivity contribution in [2.45, 2.75) is 32.0 Å². The van der Waals surface area contributed by atoms with E-state index < -0.39 is 0 Å². The van der Waals surface area contributed by atoms with Gasteiger partial charge in [0.25, 0.3) is 5.91 Å². The Morgan fingerprint density at radius 2 is 1.94 bits per heavy atom. The molecule has 6 rings (SSSR count). The number of carbonyl (C=O) groups is 1. The summed E-state index contributed by atoms with van der Waals surface area (Å²) in [6, 6.07) is 13.2. The van der Waals surface area contributed by atoms with Gasteiger partial charge in [0.2, 0.25) is 6.79 Å². The topological polar surface area (TPSA) is 114 Å². The minimum atomic E-state index is -0.300. The summed E-state index contributed by atoms with van der Waals surface area (Å²) in [6.45, 7) is 1.79. The average molecular weight is 445 g/mol. The van der Waals surface area contributed by atoms with Crippen LogP contribution in [0.4, 0.5) is 5.82 Å². The van der Waals surface area contributed by atoms with Crippen LogP contribution >= 0.6 is 0 Å². The van der Waals surface area contributed by atoms with Gasteiger partial charge in [-0.2, -0.15) is 0 Å². The van der Waals surface area contributed by atoms with Crippen LogP contribution in [0.2, 0.25) is 0 Å². The third kappa shape index (κ3) is 3.50. The van der Waals surface area contributed by atoms with E-state index in [1.54, 1.807) is 0 Å². The second-order valence-electron chi connectivity index (χ2n) is 8.26. The van der Waals surface area contributed by atoms with Gasteiger partial charge in [-0.25, -0.2) is 9.97 Å². The van der Waals surface area contributed by atoms with Crippen molar-refractivity contribution in [1.82, 2.24) is 19.9 Å². The van der Waals surface area contributed by atoms with Gasteiger partial charge in [0.15, 0.2) is 17.1 Å². The Labute approximate surface area is 189 Å². The molecule has 2 aliphatic rings. The van der Waals surface area contributed by atoms with E-state index in [0.717, 1.165) is 30.5 Å². The lowest BCUT2D eigenvalue weighted by molar-refractivity contribution is 0.0947. The maximum absolute atomic E-state index is 13.3. The first-order chi connectivity index (χ1) is 16.2. The zero-order valence-corrected chi connectivity index (χ0v) is 17.9. The number of anilines is 1. The van der Waals surface area contributed by atoms with Crippen LogP contribution in [0, 0.1) is 0 Å². The summed E-state index contributed by atoms with van der Waals surface area (Å²) in [7, 11) is 0. The second kappa shape index (κ2) is 7.93. The minimum Gasteiger partial charge on any atom is -0.454 e. The van der Waals surface area contributed by atoms with Crippen LogP contribution in [-0.2, 0) is 17.8 Å². The molecule has 0 bridgehead atoms. The average Bonchev–Trinajstić information content (AvgIpc) is 3.57. The van der Waals surface area contributed by atoms with E-state index in [0.29, 0.717) is 52.7 Å². The number of nitrogens with two attached hydrogens (primary N) is 1. The van der Waals surface area contributed by atoms with Crippen molar-refractivity contribution < 1.29 is 19.0 Å². The molecule has 1 amide bonds. The number of nitrogen functional groups attached to an aromatic ring is 1. The highest BCUT2D eigenvalue weighted by Gasteiger charge is 2.26. The molecule has 0 unspecified atom stereocenters. The van der Waals surface area contributed by atoms with Gasteiger partial charge >= 0.3 is 0 Å². The summed E-state index contributed by atoms with van der Waals surface area (Å²) in [5.74, 6) is 1.42. The van der Waals surface area contributed by atoms with Crippen LogP contribution in [0.5, 0.6) is 11.5 Å². The number of rotatable bonds is 5. The molecule has 9 heteroatoms. The fraction of sp³-hybridized carbons (Fsp3) is 0.292. The van der Waals surface area contributed by atoms with Crippen molar-refractivity contribution in [2.24, 2.45) is 0 Å². The number of para-hydroxylation sites is 2. The Kier molecular flexibility index (Phi) is 4.76. The Morgan fingerprint density at radius 3 is 2.76 bits per heavy atom. The van der Waals surface area contributed by atoms with Crippen LogP contribution in [0.1, 0.15) is 28.8 Å². The SMILES string of the molecule is Nc1c(C(=O)NCc2ccc3c(c2)OCO3)c2nc3ccccc3nc2n1C[C@@H]1CCCO1. The molecule has 1 saturated heterocycles. The highest BCUT2D eigenvalue weighted by molar-refractivity contribution is 6.10. The number of fused-ring (bicyclic) bond motifs is 3. The van der Waals surface area contributed by atoms with Crippen LogP contribution in [0.15, 0.2) is 42.5 Å². The van der Waals surface area contributed by atoms with Crippen LogP contribution in [0.3, 0.4) is 0 Å².